The summed E-state index contributed by atoms with van der Waals surface area (Å²) in [6, 6.07) is 0. The second-order valence-electron chi connectivity index (χ2n) is 1.77. The van der Waals surface area contributed by atoms with Gasteiger partial charge in [-0.1, -0.05) is 15.9 Å². The monoisotopic (exact) mass is 181 g/mol. The van der Waals surface area contributed by atoms with E-state index in [9.17, 15) is 4.79 Å². The molecular weight excluding hydrogens is 174 g/mol. The van der Waals surface area contributed by atoms with Gasteiger partial charge < -0.3 is 10.8 Å². The van der Waals surface area contributed by atoms with Gasteiger partial charge in [0.2, 0.25) is 5.91 Å². The predicted molar refractivity (Wildman–Crippen MR) is 33.6 cm³/mol. The van der Waals surface area contributed by atoms with Crippen LogP contribution in [0.5, 0.6) is 0 Å². The number of carbonyl (C=O) groups excluding carboxylic acids is 1. The van der Waals surface area contributed by atoms with Crippen molar-refractivity contribution < 1.29 is 9.90 Å². The fourth-order valence-electron chi connectivity index (χ4n) is 0.0659. The van der Waals surface area contributed by atoms with Gasteiger partial charge in [-0.2, -0.15) is 0 Å². The summed E-state index contributed by atoms with van der Waals surface area (Å²) in [5.41, 5.74) is 3.36. The standard InChI is InChI=1S/C4H8BrNO2/c1-4(8,2-5)3(6)7/h8H,2H2,1H3,(H2,6,7)/t4-/m0/s1. The van der Waals surface area contributed by atoms with Gasteiger partial charge in [0, 0.05) is 5.33 Å². The molecule has 4 heteroatoms. The van der Waals surface area contributed by atoms with Crippen LogP contribution in [0, 0.1) is 0 Å². The van der Waals surface area contributed by atoms with Crippen LogP contribution in [0.2, 0.25) is 0 Å². The first-order valence-corrected chi connectivity index (χ1v) is 3.21. The van der Waals surface area contributed by atoms with E-state index in [1.165, 1.54) is 6.92 Å². The lowest BCUT2D eigenvalue weighted by atomic mass is 10.1. The maximum absolute atomic E-state index is 10.2. The molecule has 0 aromatic rings. The quantitative estimate of drug-likeness (QED) is 0.571. The zero-order valence-electron chi connectivity index (χ0n) is 4.52. The molecule has 0 aromatic heterocycles. The molecule has 0 fully saturated rings. The van der Waals surface area contributed by atoms with Crippen LogP contribution in [-0.4, -0.2) is 21.9 Å². The molecule has 1 atom stereocenters. The van der Waals surface area contributed by atoms with E-state index in [1.807, 2.05) is 0 Å². The number of alkyl halides is 1. The number of hydrogen-bond acceptors (Lipinski definition) is 2. The molecule has 0 heterocycles. The molecule has 1 amide bonds. The third-order valence-corrected chi connectivity index (χ3v) is 1.88. The Bertz CT molecular complexity index is 102. The molecule has 0 radical (unpaired) electrons. The molecule has 0 spiro atoms. The van der Waals surface area contributed by atoms with Gasteiger partial charge in [-0.15, -0.1) is 0 Å². The maximum atomic E-state index is 10.2. The lowest BCUT2D eigenvalue weighted by Gasteiger charge is -2.13. The topological polar surface area (TPSA) is 63.3 Å². The van der Waals surface area contributed by atoms with Gasteiger partial charge in [0.15, 0.2) is 0 Å². The van der Waals surface area contributed by atoms with Crippen LogP contribution in [-0.2, 0) is 4.79 Å². The summed E-state index contributed by atoms with van der Waals surface area (Å²) in [5, 5.41) is 9.05. The second-order valence-corrected chi connectivity index (χ2v) is 2.33. The largest absolute Gasteiger partial charge is 0.379 e. The van der Waals surface area contributed by atoms with E-state index in [2.05, 4.69) is 15.9 Å². The maximum Gasteiger partial charge on any atom is 0.249 e. The van der Waals surface area contributed by atoms with E-state index in [4.69, 9.17) is 10.8 Å². The Kier molecular flexibility index (Phi) is 2.43. The molecule has 48 valence electrons. The van der Waals surface area contributed by atoms with Crippen LogP contribution in [0.25, 0.3) is 0 Å². The highest BCUT2D eigenvalue weighted by Gasteiger charge is 2.25. The number of primary amides is 1. The highest BCUT2D eigenvalue weighted by molar-refractivity contribution is 9.09. The van der Waals surface area contributed by atoms with Crippen molar-refractivity contribution in [3.63, 3.8) is 0 Å². The Labute approximate surface area is 56.0 Å². The van der Waals surface area contributed by atoms with Crippen LogP contribution in [0.4, 0.5) is 0 Å². The Morgan fingerprint density at radius 1 is 2.00 bits per heavy atom. The number of amides is 1. The van der Waals surface area contributed by atoms with Gasteiger partial charge in [-0.25, -0.2) is 0 Å². The first kappa shape index (κ1) is 7.91. The average Bonchev–Trinajstić information content (AvgIpc) is 1.67. The van der Waals surface area contributed by atoms with E-state index >= 15 is 0 Å². The lowest BCUT2D eigenvalue weighted by molar-refractivity contribution is -0.132. The average molecular weight is 182 g/mol. The highest BCUT2D eigenvalue weighted by Crippen LogP contribution is 2.04. The van der Waals surface area contributed by atoms with E-state index in [0.29, 0.717) is 0 Å². The molecule has 0 aliphatic rings. The Hall–Kier alpha value is -0.0900. The van der Waals surface area contributed by atoms with Crippen molar-refractivity contribution in [2.24, 2.45) is 5.73 Å². The zero-order chi connectivity index (χ0) is 6.78. The number of rotatable bonds is 2. The van der Waals surface area contributed by atoms with Gasteiger partial charge in [0.1, 0.15) is 5.60 Å². The molecule has 0 aliphatic heterocycles. The van der Waals surface area contributed by atoms with Crippen molar-refractivity contribution >= 4 is 21.8 Å². The molecule has 0 aromatic carbocycles. The van der Waals surface area contributed by atoms with Crippen LogP contribution < -0.4 is 5.73 Å². The number of hydrogen-bond donors (Lipinski definition) is 2. The van der Waals surface area contributed by atoms with Gasteiger partial charge >= 0.3 is 0 Å². The molecule has 8 heavy (non-hydrogen) atoms. The van der Waals surface area contributed by atoms with Gasteiger partial charge in [0.05, 0.1) is 0 Å². The van der Waals surface area contributed by atoms with Crippen LogP contribution in [0.3, 0.4) is 0 Å². The summed E-state index contributed by atoms with van der Waals surface area (Å²) in [5.74, 6) is -0.714. The minimum absolute atomic E-state index is 0.176. The Morgan fingerprint density at radius 2 is 2.38 bits per heavy atom. The van der Waals surface area contributed by atoms with Crippen molar-refractivity contribution in [1.82, 2.24) is 0 Å². The van der Waals surface area contributed by atoms with Crippen molar-refractivity contribution in [3.05, 3.63) is 0 Å². The summed E-state index contributed by atoms with van der Waals surface area (Å²) in [4.78, 5) is 10.2. The number of halogens is 1. The molecule has 0 rings (SSSR count). The molecule has 0 aliphatic carbocycles. The highest BCUT2D eigenvalue weighted by atomic mass is 79.9. The normalized spacial score (nSPS) is 17.4. The Morgan fingerprint density at radius 3 is 2.38 bits per heavy atom. The third-order valence-electron chi connectivity index (χ3n) is 0.791. The second kappa shape index (κ2) is 2.46. The fraction of sp³-hybridized carbons (Fsp3) is 0.750. The summed E-state index contributed by atoms with van der Waals surface area (Å²) >= 11 is 2.92. The van der Waals surface area contributed by atoms with Gasteiger partial charge in [0.25, 0.3) is 0 Å². The first-order chi connectivity index (χ1) is 3.50. The number of carbonyl (C=O) groups is 1. The van der Waals surface area contributed by atoms with Gasteiger partial charge in [-0.3, -0.25) is 4.79 Å². The minimum Gasteiger partial charge on any atom is -0.379 e. The van der Waals surface area contributed by atoms with Crippen LogP contribution in [0.15, 0.2) is 0 Å². The molecule has 0 saturated carbocycles. The van der Waals surface area contributed by atoms with Crippen molar-refractivity contribution in [3.8, 4) is 0 Å². The smallest absolute Gasteiger partial charge is 0.249 e. The Balaban J connectivity index is 3.91. The lowest BCUT2D eigenvalue weighted by Crippen LogP contribution is -2.42. The van der Waals surface area contributed by atoms with Crippen molar-refractivity contribution in [1.29, 1.82) is 0 Å². The molecular formula is C4H8BrNO2. The molecule has 3 nitrogen and oxygen atoms in total. The molecule has 3 N–H and O–H groups in total. The first-order valence-electron chi connectivity index (χ1n) is 2.09. The predicted octanol–water partition coefficient (Wildman–Crippen LogP) is -0.382. The third kappa shape index (κ3) is 1.79. The SMILES string of the molecule is C[C@](O)(CBr)C(N)=O. The van der Waals surface area contributed by atoms with Crippen LogP contribution in [0.1, 0.15) is 6.92 Å². The summed E-state index contributed by atoms with van der Waals surface area (Å²) in [6.45, 7) is 1.35. The summed E-state index contributed by atoms with van der Waals surface area (Å²) in [6.07, 6.45) is 0. The van der Waals surface area contributed by atoms with E-state index in [-0.39, 0.29) is 5.33 Å². The van der Waals surface area contributed by atoms with Crippen molar-refractivity contribution in [2.45, 2.75) is 12.5 Å². The van der Waals surface area contributed by atoms with E-state index < -0.39 is 11.5 Å². The van der Waals surface area contributed by atoms with E-state index in [0.717, 1.165) is 0 Å². The summed E-state index contributed by atoms with van der Waals surface area (Å²) < 4.78 is 0. The molecule has 0 saturated heterocycles. The van der Waals surface area contributed by atoms with Crippen LogP contribution >= 0.6 is 15.9 Å². The zero-order valence-corrected chi connectivity index (χ0v) is 6.10. The van der Waals surface area contributed by atoms with E-state index in [1.54, 1.807) is 0 Å². The number of nitrogens with two attached hydrogens (primary N) is 1. The summed E-state index contributed by atoms with van der Waals surface area (Å²) in [7, 11) is 0. The molecule has 0 unspecified atom stereocenters. The fourth-order valence-corrected chi connectivity index (χ4v) is 0.342. The minimum atomic E-state index is -1.40. The van der Waals surface area contributed by atoms with Crippen molar-refractivity contribution in [2.75, 3.05) is 5.33 Å². The molecule has 0 bridgehead atoms. The number of aliphatic hydroxyl groups is 1. The van der Waals surface area contributed by atoms with Gasteiger partial charge in [-0.05, 0) is 6.92 Å².